The molecule has 0 radical (unpaired) electrons. The number of ether oxygens (including phenoxy) is 1. The Hall–Kier alpha value is -3.22. The number of rotatable bonds is 5. The first-order valence-corrected chi connectivity index (χ1v) is 9.62. The third-order valence-electron chi connectivity index (χ3n) is 4.90. The van der Waals surface area contributed by atoms with Crippen LogP contribution in [0.15, 0.2) is 48.7 Å². The number of amides is 1. The zero-order valence-corrected chi connectivity index (χ0v) is 15.8. The molecule has 2 aromatic heterocycles. The summed E-state index contributed by atoms with van der Waals surface area (Å²) < 4.78 is 7.40. The van der Waals surface area contributed by atoms with Crippen LogP contribution in [0.5, 0.6) is 11.6 Å². The summed E-state index contributed by atoms with van der Waals surface area (Å²) in [6.45, 7) is 1.92. The molecule has 1 saturated carbocycles. The van der Waals surface area contributed by atoms with Gasteiger partial charge in [-0.15, -0.1) is 10.2 Å². The van der Waals surface area contributed by atoms with E-state index >= 15 is 0 Å². The Morgan fingerprint density at radius 3 is 2.46 bits per heavy atom. The van der Waals surface area contributed by atoms with Gasteiger partial charge in [0, 0.05) is 23.9 Å². The maximum atomic E-state index is 12.3. The van der Waals surface area contributed by atoms with Crippen LogP contribution in [0.3, 0.4) is 0 Å². The number of hydrogen-bond acceptors (Lipinski definition) is 5. The Morgan fingerprint density at radius 2 is 1.82 bits per heavy atom. The van der Waals surface area contributed by atoms with Crippen molar-refractivity contribution in [3.05, 3.63) is 54.4 Å². The first-order chi connectivity index (χ1) is 13.7. The predicted molar refractivity (Wildman–Crippen MR) is 106 cm³/mol. The van der Waals surface area contributed by atoms with Crippen molar-refractivity contribution in [1.82, 2.24) is 20.0 Å². The number of benzene rings is 1. The third kappa shape index (κ3) is 4.36. The Kier molecular flexibility index (Phi) is 5.32. The van der Waals surface area contributed by atoms with Crippen LogP contribution >= 0.6 is 0 Å². The molecule has 1 N–H and O–H groups in total. The first-order valence-electron chi connectivity index (χ1n) is 9.62. The fourth-order valence-corrected chi connectivity index (χ4v) is 3.37. The molecule has 0 saturated heterocycles. The van der Waals surface area contributed by atoms with Gasteiger partial charge in [-0.25, -0.2) is 4.68 Å². The standard InChI is InChI=1S/C21H23N5O2/c1-15-13-14-26(25-15)19-11-12-20(24-23-19)28-18-9-7-17(8-10-18)22-21(27)16-5-3-2-4-6-16/h7-14,16H,2-6H2,1H3,(H,22,27). The fraction of sp³-hybridized carbons (Fsp3) is 0.333. The molecule has 1 aromatic carbocycles. The van der Waals surface area contributed by atoms with Crippen molar-refractivity contribution >= 4 is 11.6 Å². The van der Waals surface area contributed by atoms with Crippen molar-refractivity contribution in [2.75, 3.05) is 5.32 Å². The molecule has 3 aromatic rings. The average molecular weight is 377 g/mol. The molecule has 0 spiro atoms. The molecule has 0 atom stereocenters. The average Bonchev–Trinajstić information content (AvgIpc) is 3.17. The highest BCUT2D eigenvalue weighted by atomic mass is 16.5. The van der Waals surface area contributed by atoms with E-state index in [1.165, 1.54) is 6.42 Å². The van der Waals surface area contributed by atoms with Crippen molar-refractivity contribution in [2.45, 2.75) is 39.0 Å². The van der Waals surface area contributed by atoms with E-state index in [2.05, 4.69) is 20.6 Å². The Morgan fingerprint density at radius 1 is 1.04 bits per heavy atom. The van der Waals surface area contributed by atoms with Gasteiger partial charge in [0.25, 0.3) is 0 Å². The molecular formula is C21H23N5O2. The van der Waals surface area contributed by atoms with Crippen molar-refractivity contribution in [1.29, 1.82) is 0 Å². The summed E-state index contributed by atoms with van der Waals surface area (Å²) in [5.41, 5.74) is 1.69. The normalized spacial score (nSPS) is 14.6. The van der Waals surface area contributed by atoms with E-state index < -0.39 is 0 Å². The lowest BCUT2D eigenvalue weighted by atomic mass is 9.88. The number of aryl methyl sites for hydroxylation is 1. The minimum Gasteiger partial charge on any atom is -0.438 e. The Labute approximate surface area is 163 Å². The lowest BCUT2D eigenvalue weighted by Crippen LogP contribution is -2.24. The minimum absolute atomic E-state index is 0.115. The van der Waals surface area contributed by atoms with E-state index in [4.69, 9.17) is 4.74 Å². The lowest BCUT2D eigenvalue weighted by Gasteiger charge is -2.20. The quantitative estimate of drug-likeness (QED) is 0.717. The predicted octanol–water partition coefficient (Wildman–Crippen LogP) is 4.28. The van der Waals surface area contributed by atoms with Crippen molar-refractivity contribution in [3.63, 3.8) is 0 Å². The molecule has 7 nitrogen and oxygen atoms in total. The second kappa shape index (κ2) is 8.21. The van der Waals surface area contributed by atoms with E-state index in [-0.39, 0.29) is 11.8 Å². The summed E-state index contributed by atoms with van der Waals surface area (Å²) in [6.07, 6.45) is 7.33. The van der Waals surface area contributed by atoms with E-state index in [1.807, 2.05) is 43.5 Å². The molecule has 1 fully saturated rings. The van der Waals surface area contributed by atoms with Crippen LogP contribution in [0.25, 0.3) is 5.82 Å². The van der Waals surface area contributed by atoms with Gasteiger partial charge in [0.1, 0.15) is 5.75 Å². The molecule has 4 rings (SSSR count). The minimum atomic E-state index is 0.115. The van der Waals surface area contributed by atoms with Gasteiger partial charge in [-0.05, 0) is 56.2 Å². The van der Waals surface area contributed by atoms with Gasteiger partial charge in [-0.1, -0.05) is 19.3 Å². The highest BCUT2D eigenvalue weighted by Crippen LogP contribution is 2.26. The molecule has 0 bridgehead atoms. The Balaban J connectivity index is 1.35. The van der Waals surface area contributed by atoms with Gasteiger partial charge >= 0.3 is 0 Å². The number of nitrogens with zero attached hydrogens (tertiary/aromatic N) is 4. The Bertz CT molecular complexity index is 928. The van der Waals surface area contributed by atoms with E-state index in [1.54, 1.807) is 16.8 Å². The molecule has 1 aliphatic rings. The highest BCUT2D eigenvalue weighted by molar-refractivity contribution is 5.92. The van der Waals surface area contributed by atoms with Crippen molar-refractivity contribution < 1.29 is 9.53 Å². The molecule has 0 aliphatic heterocycles. The SMILES string of the molecule is Cc1ccn(-c2ccc(Oc3ccc(NC(=O)C4CCCCC4)cc3)nn2)n1. The van der Waals surface area contributed by atoms with Gasteiger partial charge in [-0.2, -0.15) is 5.10 Å². The van der Waals surface area contributed by atoms with Gasteiger partial charge in [0.15, 0.2) is 5.82 Å². The van der Waals surface area contributed by atoms with Gasteiger partial charge in [0.05, 0.1) is 5.69 Å². The van der Waals surface area contributed by atoms with Crippen LogP contribution in [0.2, 0.25) is 0 Å². The smallest absolute Gasteiger partial charge is 0.238 e. The second-order valence-electron chi connectivity index (χ2n) is 7.08. The van der Waals surface area contributed by atoms with Crippen molar-refractivity contribution in [3.8, 4) is 17.4 Å². The molecule has 1 aliphatic carbocycles. The van der Waals surface area contributed by atoms with Gasteiger partial charge in [-0.3, -0.25) is 4.79 Å². The topological polar surface area (TPSA) is 81.9 Å². The number of hydrogen-bond donors (Lipinski definition) is 1. The second-order valence-corrected chi connectivity index (χ2v) is 7.08. The molecule has 1 amide bonds. The summed E-state index contributed by atoms with van der Waals surface area (Å²) >= 11 is 0. The summed E-state index contributed by atoms with van der Waals surface area (Å²) in [6, 6.07) is 12.7. The fourth-order valence-electron chi connectivity index (χ4n) is 3.37. The van der Waals surface area contributed by atoms with E-state index in [0.717, 1.165) is 37.1 Å². The summed E-state index contributed by atoms with van der Waals surface area (Å²) in [5, 5.41) is 15.5. The molecular weight excluding hydrogens is 354 g/mol. The van der Waals surface area contributed by atoms with Crippen LogP contribution in [0.1, 0.15) is 37.8 Å². The van der Waals surface area contributed by atoms with Crippen LogP contribution in [0.4, 0.5) is 5.69 Å². The van der Waals surface area contributed by atoms with E-state index in [0.29, 0.717) is 17.4 Å². The monoisotopic (exact) mass is 377 g/mol. The lowest BCUT2D eigenvalue weighted by molar-refractivity contribution is -0.120. The zero-order valence-electron chi connectivity index (χ0n) is 15.8. The van der Waals surface area contributed by atoms with E-state index in [9.17, 15) is 4.79 Å². The summed E-state index contributed by atoms with van der Waals surface area (Å²) in [5.74, 6) is 1.90. The molecule has 2 heterocycles. The maximum absolute atomic E-state index is 12.3. The molecule has 144 valence electrons. The van der Waals surface area contributed by atoms with Crippen LogP contribution in [-0.4, -0.2) is 25.9 Å². The zero-order chi connectivity index (χ0) is 19.3. The molecule has 7 heteroatoms. The van der Waals surface area contributed by atoms with Crippen LogP contribution in [0, 0.1) is 12.8 Å². The maximum Gasteiger partial charge on any atom is 0.238 e. The summed E-state index contributed by atoms with van der Waals surface area (Å²) in [7, 11) is 0. The highest BCUT2D eigenvalue weighted by Gasteiger charge is 2.20. The number of nitrogens with one attached hydrogen (secondary N) is 1. The number of aromatic nitrogens is 4. The number of carbonyl (C=O) groups excluding carboxylic acids is 1. The molecule has 28 heavy (non-hydrogen) atoms. The van der Waals surface area contributed by atoms with Crippen LogP contribution < -0.4 is 10.1 Å². The largest absolute Gasteiger partial charge is 0.438 e. The van der Waals surface area contributed by atoms with Gasteiger partial charge < -0.3 is 10.1 Å². The summed E-state index contributed by atoms with van der Waals surface area (Å²) in [4.78, 5) is 12.3. The number of anilines is 1. The first kappa shape index (κ1) is 18.2. The molecule has 0 unspecified atom stereocenters. The third-order valence-corrected chi connectivity index (χ3v) is 4.90. The van der Waals surface area contributed by atoms with Crippen molar-refractivity contribution in [2.24, 2.45) is 5.92 Å². The number of carbonyl (C=O) groups is 1. The van der Waals surface area contributed by atoms with Gasteiger partial charge in [0.2, 0.25) is 11.8 Å². The van der Waals surface area contributed by atoms with Crippen LogP contribution in [-0.2, 0) is 4.79 Å².